The molecule has 19 heavy (non-hydrogen) atoms. The summed E-state index contributed by atoms with van der Waals surface area (Å²) in [5.41, 5.74) is 0.828. The maximum atomic E-state index is 10.5. The van der Waals surface area contributed by atoms with Crippen LogP contribution in [-0.4, -0.2) is 36.1 Å². The molecule has 1 aromatic carbocycles. The Hall–Kier alpha value is -1.36. The van der Waals surface area contributed by atoms with Crippen molar-refractivity contribution < 1.29 is 19.7 Å². The van der Waals surface area contributed by atoms with E-state index in [2.05, 4.69) is 0 Å². The highest BCUT2D eigenvalue weighted by Crippen LogP contribution is 2.45. The molecule has 4 heteroatoms. The van der Waals surface area contributed by atoms with Crippen LogP contribution in [0.25, 0.3) is 0 Å². The summed E-state index contributed by atoms with van der Waals surface area (Å²) >= 11 is 0. The van der Waals surface area contributed by atoms with Crippen LogP contribution in [-0.2, 0) is 4.74 Å². The molecular formula is C15H18O4. The van der Waals surface area contributed by atoms with Gasteiger partial charge in [0.1, 0.15) is 5.75 Å². The Morgan fingerprint density at radius 3 is 2.53 bits per heavy atom. The van der Waals surface area contributed by atoms with Gasteiger partial charge in [-0.25, -0.2) is 0 Å². The van der Waals surface area contributed by atoms with Gasteiger partial charge in [-0.05, 0) is 17.7 Å². The summed E-state index contributed by atoms with van der Waals surface area (Å²) in [7, 11) is 1.61. The third-order valence-corrected chi connectivity index (χ3v) is 4.13. The molecule has 2 aliphatic rings. The molecule has 0 spiro atoms. The van der Waals surface area contributed by atoms with E-state index in [1.54, 1.807) is 7.11 Å². The number of fused-ring (bicyclic) bond motifs is 2. The summed E-state index contributed by atoms with van der Waals surface area (Å²) in [6.45, 7) is 0.0311. The molecule has 0 unspecified atom stereocenters. The first-order chi connectivity index (χ1) is 9.24. The van der Waals surface area contributed by atoms with E-state index in [0.29, 0.717) is 0 Å². The molecule has 0 saturated carbocycles. The van der Waals surface area contributed by atoms with Crippen molar-refractivity contribution in [3.8, 4) is 5.75 Å². The van der Waals surface area contributed by atoms with Crippen LogP contribution in [0.5, 0.6) is 5.75 Å². The number of ether oxygens (including phenoxy) is 2. The van der Waals surface area contributed by atoms with E-state index >= 15 is 0 Å². The maximum absolute atomic E-state index is 10.5. The lowest BCUT2D eigenvalue weighted by Crippen LogP contribution is -2.32. The number of benzene rings is 1. The fourth-order valence-corrected chi connectivity index (χ4v) is 3.08. The van der Waals surface area contributed by atoms with E-state index in [0.717, 1.165) is 11.3 Å². The largest absolute Gasteiger partial charge is 0.497 e. The predicted octanol–water partition coefficient (Wildman–Crippen LogP) is 1.29. The van der Waals surface area contributed by atoms with Gasteiger partial charge in [0, 0.05) is 18.4 Å². The minimum Gasteiger partial charge on any atom is -0.497 e. The highest BCUT2D eigenvalue weighted by atomic mass is 16.5. The molecule has 0 aliphatic carbocycles. The van der Waals surface area contributed by atoms with Crippen LogP contribution in [0.3, 0.4) is 0 Å². The Morgan fingerprint density at radius 2 is 1.89 bits per heavy atom. The van der Waals surface area contributed by atoms with Crippen LogP contribution in [0, 0.1) is 11.8 Å². The number of aliphatic hydroxyl groups is 2. The van der Waals surface area contributed by atoms with E-state index in [1.165, 1.54) is 0 Å². The van der Waals surface area contributed by atoms with Crippen molar-refractivity contribution in [3.63, 3.8) is 0 Å². The molecule has 0 amide bonds. The molecule has 2 bridgehead atoms. The summed E-state index contributed by atoms with van der Waals surface area (Å²) in [6, 6.07) is 7.37. The summed E-state index contributed by atoms with van der Waals surface area (Å²) < 4.78 is 10.8. The van der Waals surface area contributed by atoms with Crippen molar-refractivity contribution in [3.05, 3.63) is 42.0 Å². The highest BCUT2D eigenvalue weighted by Gasteiger charge is 2.48. The van der Waals surface area contributed by atoms with E-state index in [9.17, 15) is 10.2 Å². The van der Waals surface area contributed by atoms with Crippen LogP contribution in [0.15, 0.2) is 36.4 Å². The van der Waals surface area contributed by atoms with Gasteiger partial charge in [-0.2, -0.15) is 0 Å². The number of methoxy groups -OCH3 is 1. The fraction of sp³-hybridized carbons (Fsp3) is 0.467. The molecular weight excluding hydrogens is 244 g/mol. The van der Waals surface area contributed by atoms with Gasteiger partial charge in [-0.3, -0.25) is 0 Å². The van der Waals surface area contributed by atoms with Gasteiger partial charge < -0.3 is 19.7 Å². The second kappa shape index (κ2) is 4.96. The minimum absolute atomic E-state index is 0.0311. The van der Waals surface area contributed by atoms with E-state index in [-0.39, 0.29) is 30.7 Å². The summed E-state index contributed by atoms with van der Waals surface area (Å²) in [6.07, 6.45) is 3.16. The Labute approximate surface area is 112 Å². The Bertz CT molecular complexity index is 468. The van der Waals surface area contributed by atoms with Gasteiger partial charge in [0.05, 0.1) is 25.4 Å². The maximum Gasteiger partial charge on any atom is 0.118 e. The molecule has 0 radical (unpaired) electrons. The third-order valence-electron chi connectivity index (χ3n) is 4.13. The lowest BCUT2D eigenvalue weighted by Gasteiger charge is -2.28. The van der Waals surface area contributed by atoms with Gasteiger partial charge >= 0.3 is 0 Å². The minimum atomic E-state index is -0.636. The van der Waals surface area contributed by atoms with Gasteiger partial charge in [-0.15, -0.1) is 0 Å². The molecule has 1 fully saturated rings. The fourth-order valence-electron chi connectivity index (χ4n) is 3.08. The van der Waals surface area contributed by atoms with Crippen LogP contribution in [0.1, 0.15) is 11.7 Å². The topological polar surface area (TPSA) is 58.9 Å². The van der Waals surface area contributed by atoms with Crippen molar-refractivity contribution in [2.45, 2.75) is 18.3 Å². The molecule has 2 aliphatic heterocycles. The molecule has 2 heterocycles. The molecule has 2 N–H and O–H groups in total. The first-order valence-electron chi connectivity index (χ1n) is 6.51. The van der Waals surface area contributed by atoms with Crippen LogP contribution < -0.4 is 4.74 Å². The van der Waals surface area contributed by atoms with Crippen molar-refractivity contribution in [2.75, 3.05) is 13.7 Å². The van der Waals surface area contributed by atoms with Crippen LogP contribution >= 0.6 is 0 Å². The quantitative estimate of drug-likeness (QED) is 0.803. The van der Waals surface area contributed by atoms with Crippen molar-refractivity contribution in [2.24, 2.45) is 11.8 Å². The van der Waals surface area contributed by atoms with E-state index in [4.69, 9.17) is 9.47 Å². The summed E-state index contributed by atoms with van der Waals surface area (Å²) in [5.74, 6) is 0.638. The van der Waals surface area contributed by atoms with E-state index < -0.39 is 6.10 Å². The Kier molecular flexibility index (Phi) is 3.31. The number of hydrogen-bond donors (Lipinski definition) is 2. The Morgan fingerprint density at radius 1 is 1.21 bits per heavy atom. The number of hydrogen-bond acceptors (Lipinski definition) is 4. The highest BCUT2D eigenvalue weighted by molar-refractivity contribution is 5.30. The summed E-state index contributed by atoms with van der Waals surface area (Å²) in [5, 5.41) is 20.0. The molecule has 1 saturated heterocycles. The Balaban J connectivity index is 1.82. The van der Waals surface area contributed by atoms with Crippen molar-refractivity contribution in [1.82, 2.24) is 0 Å². The molecule has 1 aromatic rings. The average Bonchev–Trinajstić information content (AvgIpc) is 3.06. The summed E-state index contributed by atoms with van der Waals surface area (Å²) in [4.78, 5) is 0. The standard InChI is InChI=1S/C15H18O4/c1-18-10-4-2-9(3-5-10)15(17)14-11(8-16)12-6-7-13(14)19-12/h2-7,11-17H,8H2,1H3/t11-,12-,13+,14-,15-/m0/s1. The SMILES string of the molecule is COc1ccc([C@H](O)[C@H]2[C@@H](CO)[C@@H]3C=C[C@H]2O3)cc1. The first-order valence-corrected chi connectivity index (χ1v) is 6.51. The molecule has 4 nitrogen and oxygen atoms in total. The van der Waals surface area contributed by atoms with Crippen LogP contribution in [0.2, 0.25) is 0 Å². The zero-order valence-corrected chi connectivity index (χ0v) is 10.8. The normalized spacial score (nSPS) is 33.6. The molecule has 0 aromatic heterocycles. The average molecular weight is 262 g/mol. The molecule has 3 rings (SSSR count). The monoisotopic (exact) mass is 262 g/mol. The lowest BCUT2D eigenvalue weighted by atomic mass is 9.78. The molecule has 102 valence electrons. The molecule has 5 atom stereocenters. The number of aliphatic hydroxyl groups excluding tert-OH is 2. The van der Waals surface area contributed by atoms with E-state index in [1.807, 2.05) is 36.4 Å². The van der Waals surface area contributed by atoms with Gasteiger partial charge in [0.25, 0.3) is 0 Å². The number of rotatable bonds is 4. The third kappa shape index (κ3) is 2.06. The van der Waals surface area contributed by atoms with Crippen molar-refractivity contribution >= 4 is 0 Å². The van der Waals surface area contributed by atoms with Gasteiger partial charge in [-0.1, -0.05) is 24.3 Å². The second-order valence-corrected chi connectivity index (χ2v) is 5.09. The zero-order chi connectivity index (χ0) is 13.4. The van der Waals surface area contributed by atoms with Gasteiger partial charge in [0.15, 0.2) is 0 Å². The van der Waals surface area contributed by atoms with Gasteiger partial charge in [0.2, 0.25) is 0 Å². The smallest absolute Gasteiger partial charge is 0.118 e. The van der Waals surface area contributed by atoms with Crippen LogP contribution in [0.4, 0.5) is 0 Å². The second-order valence-electron chi connectivity index (χ2n) is 5.09. The lowest BCUT2D eigenvalue weighted by molar-refractivity contribution is 0.0464. The zero-order valence-electron chi connectivity index (χ0n) is 10.8. The first kappa shape index (κ1) is 12.7. The van der Waals surface area contributed by atoms with Crippen molar-refractivity contribution in [1.29, 1.82) is 0 Å². The predicted molar refractivity (Wildman–Crippen MR) is 69.8 cm³/mol.